The molecule has 0 spiro atoms. The summed E-state index contributed by atoms with van der Waals surface area (Å²) in [5, 5.41) is 3.92. The molecule has 0 aromatic carbocycles. The molecule has 0 aromatic heterocycles. The Balaban J connectivity index is 1.48. The van der Waals surface area contributed by atoms with E-state index in [0.717, 1.165) is 24.0 Å². The number of piperidine rings is 1. The quantitative estimate of drug-likeness (QED) is 0.807. The molecule has 3 aliphatic rings. The van der Waals surface area contributed by atoms with Gasteiger partial charge in [0, 0.05) is 24.7 Å². The van der Waals surface area contributed by atoms with Gasteiger partial charge < -0.3 is 5.32 Å². The van der Waals surface area contributed by atoms with Crippen molar-refractivity contribution in [3.63, 3.8) is 0 Å². The maximum atomic E-state index is 3.92. The molecule has 1 aliphatic heterocycles. The number of hydrogen-bond acceptors (Lipinski definition) is 2. The molecule has 0 aromatic rings. The Morgan fingerprint density at radius 1 is 0.941 bits per heavy atom. The zero-order valence-electron chi connectivity index (χ0n) is 11.3. The molecule has 2 unspecified atom stereocenters. The summed E-state index contributed by atoms with van der Waals surface area (Å²) in [5.41, 5.74) is 0. The van der Waals surface area contributed by atoms with Crippen LogP contribution in [0.15, 0.2) is 0 Å². The van der Waals surface area contributed by atoms with E-state index in [4.69, 9.17) is 0 Å². The van der Waals surface area contributed by atoms with Crippen molar-refractivity contribution in [2.75, 3.05) is 13.1 Å². The Labute approximate surface area is 106 Å². The minimum absolute atomic E-state index is 0.785. The molecule has 2 saturated carbocycles. The fourth-order valence-electron chi connectivity index (χ4n) is 3.81. The minimum atomic E-state index is 0.785. The SMILES string of the molecule is CC(C1CC1)N1CCCC(NC2CCCC2)C1. The van der Waals surface area contributed by atoms with Gasteiger partial charge >= 0.3 is 0 Å². The van der Waals surface area contributed by atoms with Gasteiger partial charge in [0.1, 0.15) is 0 Å². The fraction of sp³-hybridized carbons (Fsp3) is 1.00. The first-order chi connectivity index (χ1) is 8.33. The first-order valence-electron chi connectivity index (χ1n) is 7.83. The highest BCUT2D eigenvalue weighted by Gasteiger charge is 2.34. The summed E-state index contributed by atoms with van der Waals surface area (Å²) in [6.07, 6.45) is 11.5. The van der Waals surface area contributed by atoms with Crippen LogP contribution in [-0.4, -0.2) is 36.1 Å². The van der Waals surface area contributed by atoms with E-state index in [1.807, 2.05) is 0 Å². The van der Waals surface area contributed by atoms with Crippen molar-refractivity contribution in [3.8, 4) is 0 Å². The molecule has 2 nitrogen and oxygen atoms in total. The first kappa shape index (κ1) is 12.0. The van der Waals surface area contributed by atoms with Gasteiger partial charge in [0.15, 0.2) is 0 Å². The van der Waals surface area contributed by atoms with Gasteiger partial charge in [0.2, 0.25) is 0 Å². The van der Waals surface area contributed by atoms with Crippen molar-refractivity contribution in [2.45, 2.75) is 76.4 Å². The molecule has 1 heterocycles. The maximum absolute atomic E-state index is 3.92. The zero-order chi connectivity index (χ0) is 11.7. The summed E-state index contributed by atoms with van der Waals surface area (Å²) in [5.74, 6) is 1.03. The van der Waals surface area contributed by atoms with E-state index in [-0.39, 0.29) is 0 Å². The Hall–Kier alpha value is -0.0800. The van der Waals surface area contributed by atoms with E-state index >= 15 is 0 Å². The smallest absolute Gasteiger partial charge is 0.0198 e. The van der Waals surface area contributed by atoms with Gasteiger partial charge in [-0.3, -0.25) is 4.90 Å². The summed E-state index contributed by atoms with van der Waals surface area (Å²) < 4.78 is 0. The van der Waals surface area contributed by atoms with Gasteiger partial charge in [-0.2, -0.15) is 0 Å². The number of nitrogens with one attached hydrogen (secondary N) is 1. The number of nitrogens with zero attached hydrogens (tertiary/aromatic N) is 1. The lowest BCUT2D eigenvalue weighted by atomic mass is 10.0. The molecule has 98 valence electrons. The van der Waals surface area contributed by atoms with E-state index < -0.39 is 0 Å². The number of likely N-dealkylation sites (tertiary alicyclic amines) is 1. The summed E-state index contributed by atoms with van der Waals surface area (Å²) in [6, 6.07) is 2.48. The average molecular weight is 236 g/mol. The van der Waals surface area contributed by atoms with Crippen molar-refractivity contribution in [1.29, 1.82) is 0 Å². The topological polar surface area (TPSA) is 15.3 Å². The largest absolute Gasteiger partial charge is 0.310 e. The van der Waals surface area contributed by atoms with Crippen molar-refractivity contribution in [1.82, 2.24) is 10.2 Å². The highest BCUT2D eigenvalue weighted by Crippen LogP contribution is 2.36. The highest BCUT2D eigenvalue weighted by molar-refractivity contribution is 4.90. The monoisotopic (exact) mass is 236 g/mol. The molecule has 1 saturated heterocycles. The molecule has 2 atom stereocenters. The van der Waals surface area contributed by atoms with Gasteiger partial charge in [0.05, 0.1) is 0 Å². The summed E-state index contributed by atoms with van der Waals surface area (Å²) >= 11 is 0. The Bertz CT molecular complexity index is 243. The van der Waals surface area contributed by atoms with Gasteiger partial charge in [-0.15, -0.1) is 0 Å². The van der Waals surface area contributed by atoms with Crippen LogP contribution in [0.5, 0.6) is 0 Å². The van der Waals surface area contributed by atoms with Crippen LogP contribution in [0.2, 0.25) is 0 Å². The van der Waals surface area contributed by atoms with Crippen molar-refractivity contribution >= 4 is 0 Å². The molecule has 17 heavy (non-hydrogen) atoms. The molecule has 2 aliphatic carbocycles. The molecule has 0 amide bonds. The number of hydrogen-bond donors (Lipinski definition) is 1. The van der Waals surface area contributed by atoms with Crippen molar-refractivity contribution < 1.29 is 0 Å². The lowest BCUT2D eigenvalue weighted by Gasteiger charge is -2.38. The van der Waals surface area contributed by atoms with Gasteiger partial charge in [-0.25, -0.2) is 0 Å². The summed E-state index contributed by atoms with van der Waals surface area (Å²) in [7, 11) is 0. The molecule has 3 rings (SSSR count). The highest BCUT2D eigenvalue weighted by atomic mass is 15.2. The normalized spacial score (nSPS) is 34.1. The second-order valence-electron chi connectivity index (χ2n) is 6.56. The van der Waals surface area contributed by atoms with Gasteiger partial charge in [-0.05, 0) is 57.9 Å². The van der Waals surface area contributed by atoms with Gasteiger partial charge in [-0.1, -0.05) is 12.8 Å². The van der Waals surface area contributed by atoms with E-state index in [9.17, 15) is 0 Å². The zero-order valence-corrected chi connectivity index (χ0v) is 11.3. The van der Waals surface area contributed by atoms with Crippen LogP contribution in [0.25, 0.3) is 0 Å². The van der Waals surface area contributed by atoms with Crippen molar-refractivity contribution in [3.05, 3.63) is 0 Å². The predicted octanol–water partition coefficient (Wildman–Crippen LogP) is 2.78. The summed E-state index contributed by atoms with van der Waals surface area (Å²) in [6.45, 7) is 5.12. The minimum Gasteiger partial charge on any atom is -0.310 e. The number of rotatable bonds is 4. The van der Waals surface area contributed by atoms with E-state index in [1.54, 1.807) is 0 Å². The third kappa shape index (κ3) is 3.03. The Morgan fingerprint density at radius 2 is 1.65 bits per heavy atom. The lowest BCUT2D eigenvalue weighted by Crippen LogP contribution is -2.51. The van der Waals surface area contributed by atoms with Crippen LogP contribution in [0.1, 0.15) is 58.3 Å². The molecule has 1 N–H and O–H groups in total. The Kier molecular flexibility index (Phi) is 3.72. The van der Waals surface area contributed by atoms with Crippen LogP contribution >= 0.6 is 0 Å². The van der Waals surface area contributed by atoms with Crippen LogP contribution in [0.3, 0.4) is 0 Å². The standard InChI is InChI=1S/C15H28N2/c1-12(13-8-9-13)17-10-4-7-15(11-17)16-14-5-2-3-6-14/h12-16H,2-11H2,1H3. The first-order valence-corrected chi connectivity index (χ1v) is 7.83. The maximum Gasteiger partial charge on any atom is 0.0198 e. The van der Waals surface area contributed by atoms with E-state index in [1.165, 1.54) is 64.5 Å². The molecule has 0 bridgehead atoms. The molecular weight excluding hydrogens is 208 g/mol. The van der Waals surface area contributed by atoms with E-state index in [0.29, 0.717) is 0 Å². The second-order valence-corrected chi connectivity index (χ2v) is 6.56. The lowest BCUT2D eigenvalue weighted by molar-refractivity contribution is 0.128. The Morgan fingerprint density at radius 3 is 2.35 bits per heavy atom. The molecule has 2 heteroatoms. The van der Waals surface area contributed by atoms with Crippen LogP contribution < -0.4 is 5.32 Å². The third-order valence-electron chi connectivity index (χ3n) is 5.16. The van der Waals surface area contributed by atoms with Crippen LogP contribution in [0.4, 0.5) is 0 Å². The molecular formula is C15H28N2. The summed E-state index contributed by atoms with van der Waals surface area (Å²) in [4.78, 5) is 2.76. The van der Waals surface area contributed by atoms with Crippen LogP contribution in [-0.2, 0) is 0 Å². The van der Waals surface area contributed by atoms with Gasteiger partial charge in [0.25, 0.3) is 0 Å². The molecule has 0 radical (unpaired) electrons. The van der Waals surface area contributed by atoms with Crippen molar-refractivity contribution in [2.24, 2.45) is 5.92 Å². The fourth-order valence-corrected chi connectivity index (χ4v) is 3.81. The second kappa shape index (κ2) is 5.27. The van der Waals surface area contributed by atoms with Crippen LogP contribution in [0, 0.1) is 5.92 Å². The molecule has 3 fully saturated rings. The average Bonchev–Trinajstić information content (AvgIpc) is 3.08. The third-order valence-corrected chi connectivity index (χ3v) is 5.16. The predicted molar refractivity (Wildman–Crippen MR) is 72.2 cm³/mol. The van der Waals surface area contributed by atoms with E-state index in [2.05, 4.69) is 17.1 Å².